The van der Waals surface area contributed by atoms with Crippen molar-refractivity contribution >= 4 is 18.0 Å². The second-order valence-corrected chi connectivity index (χ2v) is 5.20. The molecule has 1 aliphatic rings. The van der Waals surface area contributed by atoms with Gasteiger partial charge in [-0.1, -0.05) is 18.9 Å². The van der Waals surface area contributed by atoms with Crippen LogP contribution in [0.3, 0.4) is 0 Å². The Balaban J connectivity index is 1.90. The van der Waals surface area contributed by atoms with E-state index in [4.69, 9.17) is 5.11 Å². The van der Waals surface area contributed by atoms with Crippen molar-refractivity contribution in [2.24, 2.45) is 5.92 Å². The van der Waals surface area contributed by atoms with Gasteiger partial charge in [0.2, 0.25) is 0 Å². The van der Waals surface area contributed by atoms with E-state index in [-0.39, 0.29) is 11.9 Å². The third-order valence-corrected chi connectivity index (χ3v) is 3.20. The monoisotopic (exact) mass is 274 g/mol. The number of hydrogen-bond acceptors (Lipinski definition) is 3. The molecule has 1 saturated carbocycles. The lowest BCUT2D eigenvalue weighted by molar-refractivity contribution is -0.131. The number of carboxylic acids is 1. The van der Waals surface area contributed by atoms with Crippen LogP contribution in [0.5, 0.6) is 0 Å². The van der Waals surface area contributed by atoms with Crippen molar-refractivity contribution in [2.75, 3.05) is 0 Å². The molecule has 1 aliphatic carbocycles. The molecule has 20 heavy (non-hydrogen) atoms. The Bertz CT molecular complexity index is 518. The molecule has 0 aromatic carbocycles. The van der Waals surface area contributed by atoms with Crippen molar-refractivity contribution in [3.05, 3.63) is 35.7 Å². The Morgan fingerprint density at radius 2 is 2.25 bits per heavy atom. The smallest absolute Gasteiger partial charge is 0.328 e. The van der Waals surface area contributed by atoms with Crippen LogP contribution in [0.2, 0.25) is 0 Å². The molecule has 5 nitrogen and oxygen atoms in total. The van der Waals surface area contributed by atoms with Gasteiger partial charge in [-0.25, -0.2) is 4.79 Å². The lowest BCUT2D eigenvalue weighted by Gasteiger charge is -2.12. The highest BCUT2D eigenvalue weighted by atomic mass is 16.4. The molecule has 2 rings (SSSR count). The number of pyridine rings is 1. The summed E-state index contributed by atoms with van der Waals surface area (Å²) in [5, 5.41) is 11.4. The average Bonchev–Trinajstić information content (AvgIpc) is 3.20. The Morgan fingerprint density at radius 1 is 1.50 bits per heavy atom. The lowest BCUT2D eigenvalue weighted by atomic mass is 10.1. The van der Waals surface area contributed by atoms with Crippen LogP contribution in [-0.4, -0.2) is 28.0 Å². The van der Waals surface area contributed by atoms with Gasteiger partial charge in [0.1, 0.15) is 5.69 Å². The molecular formula is C15H18N2O3. The summed E-state index contributed by atoms with van der Waals surface area (Å²) in [5.74, 6) is -0.436. The molecule has 2 N–H and O–H groups in total. The zero-order chi connectivity index (χ0) is 14.5. The molecule has 1 atom stereocenters. The van der Waals surface area contributed by atoms with E-state index in [0.29, 0.717) is 11.3 Å². The van der Waals surface area contributed by atoms with Crippen molar-refractivity contribution in [3.63, 3.8) is 0 Å². The normalized spacial score (nSPS) is 16.1. The maximum atomic E-state index is 11.9. The average molecular weight is 274 g/mol. The van der Waals surface area contributed by atoms with Gasteiger partial charge < -0.3 is 10.4 Å². The van der Waals surface area contributed by atoms with Gasteiger partial charge >= 0.3 is 5.97 Å². The van der Waals surface area contributed by atoms with E-state index < -0.39 is 5.97 Å². The summed E-state index contributed by atoms with van der Waals surface area (Å²) in [4.78, 5) is 26.4. The molecule has 0 radical (unpaired) electrons. The first kappa shape index (κ1) is 14.2. The molecule has 0 bridgehead atoms. The molecular weight excluding hydrogens is 256 g/mol. The van der Waals surface area contributed by atoms with Crippen LogP contribution in [0.4, 0.5) is 0 Å². The van der Waals surface area contributed by atoms with Gasteiger partial charge in [0, 0.05) is 18.3 Å². The van der Waals surface area contributed by atoms with E-state index in [1.807, 2.05) is 6.92 Å². The predicted octanol–water partition coefficient (Wildman–Crippen LogP) is 2.10. The number of carboxylic acid groups (broad SMARTS) is 1. The van der Waals surface area contributed by atoms with E-state index in [1.165, 1.54) is 25.1 Å². The summed E-state index contributed by atoms with van der Waals surface area (Å²) in [5.41, 5.74) is 0.995. The number of carbonyl (C=O) groups is 2. The molecule has 1 amide bonds. The van der Waals surface area contributed by atoms with E-state index in [1.54, 1.807) is 12.1 Å². The van der Waals surface area contributed by atoms with E-state index >= 15 is 0 Å². The number of nitrogens with one attached hydrogen (secondary N) is 1. The summed E-state index contributed by atoms with van der Waals surface area (Å²) in [6, 6.07) is 3.43. The first-order chi connectivity index (χ1) is 9.54. The van der Waals surface area contributed by atoms with Crippen molar-refractivity contribution < 1.29 is 14.7 Å². The molecule has 1 unspecified atom stereocenters. The largest absolute Gasteiger partial charge is 0.478 e. The molecule has 106 valence electrons. The van der Waals surface area contributed by atoms with Crippen molar-refractivity contribution in [3.8, 4) is 0 Å². The molecule has 0 spiro atoms. The number of aromatic nitrogens is 1. The summed E-state index contributed by atoms with van der Waals surface area (Å²) < 4.78 is 0. The van der Waals surface area contributed by atoms with Crippen molar-refractivity contribution in [2.45, 2.75) is 32.2 Å². The van der Waals surface area contributed by atoms with Gasteiger partial charge in [-0.3, -0.25) is 9.78 Å². The Hall–Kier alpha value is -2.17. The summed E-state index contributed by atoms with van der Waals surface area (Å²) in [6.45, 7) is 2.00. The maximum Gasteiger partial charge on any atom is 0.328 e. The van der Waals surface area contributed by atoms with Crippen molar-refractivity contribution in [1.82, 2.24) is 10.3 Å². The van der Waals surface area contributed by atoms with Gasteiger partial charge in [-0.2, -0.15) is 0 Å². The Kier molecular flexibility index (Phi) is 4.50. The highest BCUT2D eigenvalue weighted by Crippen LogP contribution is 2.33. The Labute approximate surface area is 117 Å². The second-order valence-electron chi connectivity index (χ2n) is 5.20. The number of carbonyl (C=O) groups excluding carboxylic acids is 1. The topological polar surface area (TPSA) is 79.3 Å². The first-order valence-corrected chi connectivity index (χ1v) is 6.72. The number of nitrogens with zero attached hydrogens (tertiary/aromatic N) is 1. The highest BCUT2D eigenvalue weighted by Gasteiger charge is 2.24. The number of amides is 1. The van der Waals surface area contributed by atoms with Gasteiger partial charge in [-0.05, 0) is 37.0 Å². The van der Waals surface area contributed by atoms with Gasteiger partial charge in [-0.15, -0.1) is 0 Å². The lowest BCUT2D eigenvalue weighted by Crippen LogP contribution is -2.33. The fraction of sp³-hybridized carbons (Fsp3) is 0.400. The highest BCUT2D eigenvalue weighted by molar-refractivity contribution is 5.92. The minimum absolute atomic E-state index is 0.156. The quantitative estimate of drug-likeness (QED) is 0.778. The van der Waals surface area contributed by atoms with E-state index in [9.17, 15) is 9.59 Å². The van der Waals surface area contributed by atoms with Crippen LogP contribution in [0.15, 0.2) is 24.4 Å². The van der Waals surface area contributed by atoms with Crippen LogP contribution >= 0.6 is 0 Å². The van der Waals surface area contributed by atoms with Crippen LogP contribution in [-0.2, 0) is 4.79 Å². The molecule has 1 heterocycles. The number of hydrogen-bond donors (Lipinski definition) is 2. The minimum atomic E-state index is -1.01. The van der Waals surface area contributed by atoms with E-state index in [0.717, 1.165) is 18.4 Å². The summed E-state index contributed by atoms with van der Waals surface area (Å²) in [6.07, 6.45) is 7.51. The fourth-order valence-electron chi connectivity index (χ4n) is 2.02. The fourth-order valence-corrected chi connectivity index (χ4v) is 2.02. The molecule has 1 aromatic heterocycles. The summed E-state index contributed by atoms with van der Waals surface area (Å²) in [7, 11) is 0. The molecule has 1 aromatic rings. The van der Waals surface area contributed by atoms with Crippen LogP contribution in [0.1, 0.15) is 42.2 Å². The standard InChI is InChI=1S/C15H18N2O3/c1-10(8-11-2-3-11)17-15(20)13-6-4-12(9-16-13)5-7-14(18)19/h4-7,9-11H,2-3,8H2,1H3,(H,17,20)(H,18,19). The SMILES string of the molecule is CC(CC1CC1)NC(=O)c1ccc(C=CC(=O)O)cn1. The number of aliphatic carboxylic acids is 1. The first-order valence-electron chi connectivity index (χ1n) is 6.72. The molecule has 0 aliphatic heterocycles. The Morgan fingerprint density at radius 3 is 2.80 bits per heavy atom. The predicted molar refractivity (Wildman–Crippen MR) is 75.2 cm³/mol. The van der Waals surface area contributed by atoms with Crippen LogP contribution in [0, 0.1) is 5.92 Å². The van der Waals surface area contributed by atoms with Gasteiger partial charge in [0.15, 0.2) is 0 Å². The maximum absolute atomic E-state index is 11.9. The molecule has 1 fully saturated rings. The second kappa shape index (κ2) is 6.32. The summed E-state index contributed by atoms with van der Waals surface area (Å²) >= 11 is 0. The molecule has 5 heteroatoms. The third-order valence-electron chi connectivity index (χ3n) is 3.20. The van der Waals surface area contributed by atoms with Crippen molar-refractivity contribution in [1.29, 1.82) is 0 Å². The zero-order valence-electron chi connectivity index (χ0n) is 11.4. The third kappa shape index (κ3) is 4.50. The van der Waals surface area contributed by atoms with Gasteiger partial charge in [0.25, 0.3) is 5.91 Å². The minimum Gasteiger partial charge on any atom is -0.478 e. The van der Waals surface area contributed by atoms with Crippen LogP contribution < -0.4 is 5.32 Å². The molecule has 0 saturated heterocycles. The zero-order valence-corrected chi connectivity index (χ0v) is 11.4. The van der Waals surface area contributed by atoms with Gasteiger partial charge in [0.05, 0.1) is 0 Å². The van der Waals surface area contributed by atoms with Crippen LogP contribution in [0.25, 0.3) is 6.08 Å². The van der Waals surface area contributed by atoms with E-state index in [2.05, 4.69) is 10.3 Å². The number of rotatable bonds is 6.